The van der Waals surface area contributed by atoms with Crippen molar-refractivity contribution in [3.8, 4) is 11.1 Å². The number of nitrogens with zero attached hydrogens (tertiary/aromatic N) is 3. The molecule has 2 atom stereocenters. The van der Waals surface area contributed by atoms with Crippen LogP contribution in [-0.4, -0.2) is 61.5 Å². The topological polar surface area (TPSA) is 101 Å². The largest absolute Gasteiger partial charge is 0.373 e. The van der Waals surface area contributed by atoms with E-state index in [0.717, 1.165) is 64.9 Å². The summed E-state index contributed by atoms with van der Waals surface area (Å²) in [4.78, 5) is 28.3. The maximum Gasteiger partial charge on any atom is 0.344 e. The van der Waals surface area contributed by atoms with Gasteiger partial charge in [-0.1, -0.05) is 6.07 Å². The number of hydroxylamine groups is 1. The van der Waals surface area contributed by atoms with Gasteiger partial charge in [0.15, 0.2) is 0 Å². The monoisotopic (exact) mass is 516 g/mol. The minimum atomic E-state index is -0.524. The SMILES string of the molecule is CONC(=O)Nc1ncccc1-c1ccc2ncc(C3=CC(F)=CC3)c(N3CC[C@H]4NCCO[C@@H]4C3)c2c1. The Hall–Kier alpha value is -3.86. The Morgan fingerprint density at radius 2 is 2.18 bits per heavy atom. The van der Waals surface area contributed by atoms with E-state index in [1.54, 1.807) is 18.3 Å². The van der Waals surface area contributed by atoms with E-state index < -0.39 is 6.03 Å². The van der Waals surface area contributed by atoms with Gasteiger partial charge in [-0.3, -0.25) is 15.1 Å². The fraction of sp³-hybridized carbons (Fsp3) is 0.321. The van der Waals surface area contributed by atoms with Gasteiger partial charge in [0.05, 0.1) is 31.0 Å². The maximum absolute atomic E-state index is 14.1. The number of amides is 2. The Bertz CT molecular complexity index is 1440. The molecule has 38 heavy (non-hydrogen) atoms. The third-order valence-electron chi connectivity index (χ3n) is 7.28. The first kappa shape index (κ1) is 24.5. The summed E-state index contributed by atoms with van der Waals surface area (Å²) in [6, 6.07) is 9.54. The van der Waals surface area contributed by atoms with E-state index >= 15 is 0 Å². The van der Waals surface area contributed by atoms with Crippen molar-refractivity contribution < 1.29 is 18.8 Å². The highest BCUT2D eigenvalue weighted by atomic mass is 19.1. The number of hydrogen-bond acceptors (Lipinski definition) is 7. The van der Waals surface area contributed by atoms with Gasteiger partial charge in [-0.05, 0) is 60.4 Å². The number of hydrogen-bond donors (Lipinski definition) is 3. The number of piperidine rings is 1. The number of rotatable bonds is 5. The van der Waals surface area contributed by atoms with Crippen LogP contribution in [0.2, 0.25) is 0 Å². The lowest BCUT2D eigenvalue weighted by atomic mass is 9.94. The summed E-state index contributed by atoms with van der Waals surface area (Å²) in [7, 11) is 1.37. The van der Waals surface area contributed by atoms with Crippen molar-refractivity contribution in [2.75, 3.05) is 43.6 Å². The quantitative estimate of drug-likeness (QED) is 0.437. The molecule has 0 spiro atoms. The van der Waals surface area contributed by atoms with Crippen LogP contribution < -0.4 is 21.0 Å². The Kier molecular flexibility index (Phi) is 6.75. The first-order valence-electron chi connectivity index (χ1n) is 12.8. The molecule has 2 aromatic heterocycles. The predicted octanol–water partition coefficient (Wildman–Crippen LogP) is 4.19. The maximum atomic E-state index is 14.1. The molecule has 1 aromatic carbocycles. The number of morpholine rings is 1. The van der Waals surface area contributed by atoms with Gasteiger partial charge < -0.3 is 15.0 Å². The van der Waals surface area contributed by atoms with Gasteiger partial charge in [0, 0.05) is 54.6 Å². The lowest BCUT2D eigenvalue weighted by Crippen LogP contribution is -2.57. The molecule has 0 unspecified atom stereocenters. The van der Waals surface area contributed by atoms with Crippen LogP contribution in [0.15, 0.2) is 60.7 Å². The fourth-order valence-electron chi connectivity index (χ4n) is 5.54. The van der Waals surface area contributed by atoms with Crippen LogP contribution in [0.25, 0.3) is 27.6 Å². The summed E-state index contributed by atoms with van der Waals surface area (Å²) in [5.74, 6) is 0.179. The van der Waals surface area contributed by atoms with Crippen molar-refractivity contribution in [1.82, 2.24) is 20.8 Å². The lowest BCUT2D eigenvalue weighted by molar-refractivity contribution is -0.00899. The molecule has 4 heterocycles. The molecule has 0 saturated carbocycles. The van der Waals surface area contributed by atoms with E-state index in [4.69, 9.17) is 14.6 Å². The van der Waals surface area contributed by atoms with Gasteiger partial charge in [-0.15, -0.1) is 0 Å². The molecule has 3 aliphatic rings. The number of carbonyl (C=O) groups excluding carboxylic acids is 1. The average Bonchev–Trinajstić information content (AvgIpc) is 3.38. The van der Waals surface area contributed by atoms with Crippen molar-refractivity contribution in [1.29, 1.82) is 0 Å². The average molecular weight is 517 g/mol. The molecule has 2 saturated heterocycles. The first-order chi connectivity index (χ1) is 18.6. The van der Waals surface area contributed by atoms with Gasteiger partial charge >= 0.3 is 6.03 Å². The zero-order valence-corrected chi connectivity index (χ0v) is 21.0. The molecule has 0 radical (unpaired) electrons. The van der Waals surface area contributed by atoms with Crippen molar-refractivity contribution >= 4 is 34.0 Å². The molecule has 0 bridgehead atoms. The van der Waals surface area contributed by atoms with E-state index in [0.29, 0.717) is 24.9 Å². The minimum Gasteiger partial charge on any atom is -0.373 e. The van der Waals surface area contributed by atoms with Gasteiger partial charge in [-0.25, -0.2) is 19.6 Å². The molecule has 1 aliphatic carbocycles. The Labute approximate surface area is 219 Å². The van der Waals surface area contributed by atoms with Crippen molar-refractivity contribution in [3.05, 3.63) is 66.3 Å². The molecule has 10 heteroatoms. The second-order valence-electron chi connectivity index (χ2n) is 9.58. The number of fused-ring (bicyclic) bond motifs is 2. The molecule has 3 aromatic rings. The smallest absolute Gasteiger partial charge is 0.344 e. The van der Waals surface area contributed by atoms with E-state index in [-0.39, 0.29) is 11.9 Å². The third-order valence-corrected chi connectivity index (χ3v) is 7.28. The van der Waals surface area contributed by atoms with Crippen LogP contribution in [-0.2, 0) is 9.57 Å². The standard InChI is InChI=1S/C28H29FN6O3/c1-37-34-28(36)33-27-20(3-2-9-31-27)18-5-7-23-21(14-18)26(22(15-32-23)17-4-6-19(29)13-17)35-11-8-24-25(16-35)38-12-10-30-24/h2-3,5-7,9,13-15,24-25,30H,4,8,10-12,16H2,1H3,(H2,31,33,34,36)/t24-,25-/m1/s1. The fourth-order valence-corrected chi connectivity index (χ4v) is 5.54. The number of benzene rings is 1. The molecule has 3 N–H and O–H groups in total. The molecule has 2 fully saturated rings. The summed E-state index contributed by atoms with van der Waals surface area (Å²) in [5, 5.41) is 7.26. The molecular formula is C28H29FN6O3. The number of allylic oxidation sites excluding steroid dienone is 4. The predicted molar refractivity (Wildman–Crippen MR) is 144 cm³/mol. The van der Waals surface area contributed by atoms with Crippen molar-refractivity contribution in [2.24, 2.45) is 0 Å². The van der Waals surface area contributed by atoms with Crippen LogP contribution in [0.1, 0.15) is 18.4 Å². The number of carbonyl (C=O) groups is 1. The summed E-state index contributed by atoms with van der Waals surface area (Å²) in [5.41, 5.74) is 7.56. The van der Waals surface area contributed by atoms with Gasteiger partial charge in [0.25, 0.3) is 0 Å². The van der Waals surface area contributed by atoms with Gasteiger partial charge in [0.2, 0.25) is 0 Å². The second kappa shape index (κ2) is 10.5. The number of halogens is 1. The third kappa shape index (κ3) is 4.73. The molecule has 6 rings (SSSR count). The minimum absolute atomic E-state index is 0.0811. The zero-order chi connectivity index (χ0) is 26.1. The van der Waals surface area contributed by atoms with Gasteiger partial charge in [-0.2, -0.15) is 0 Å². The molecule has 9 nitrogen and oxygen atoms in total. The Balaban J connectivity index is 1.46. The van der Waals surface area contributed by atoms with Crippen LogP contribution >= 0.6 is 0 Å². The summed E-state index contributed by atoms with van der Waals surface area (Å²) >= 11 is 0. The number of pyridine rings is 2. The first-order valence-corrected chi connectivity index (χ1v) is 12.8. The van der Waals surface area contributed by atoms with Crippen molar-refractivity contribution in [2.45, 2.75) is 25.0 Å². The zero-order valence-electron chi connectivity index (χ0n) is 21.0. The molecule has 196 valence electrons. The number of anilines is 2. The highest BCUT2D eigenvalue weighted by molar-refractivity contribution is 6.01. The van der Waals surface area contributed by atoms with E-state index in [9.17, 15) is 9.18 Å². The number of nitrogens with one attached hydrogen (secondary N) is 3. The normalized spacial score (nSPS) is 21.1. The van der Waals surface area contributed by atoms with Crippen LogP contribution in [0, 0.1) is 0 Å². The Morgan fingerprint density at radius 3 is 3.03 bits per heavy atom. The molecule has 2 amide bonds. The number of ether oxygens (including phenoxy) is 1. The lowest BCUT2D eigenvalue weighted by Gasteiger charge is -2.43. The Morgan fingerprint density at radius 1 is 1.26 bits per heavy atom. The van der Waals surface area contributed by atoms with E-state index in [1.165, 1.54) is 7.11 Å². The molecular weight excluding hydrogens is 487 g/mol. The second-order valence-corrected chi connectivity index (χ2v) is 9.58. The summed E-state index contributed by atoms with van der Waals surface area (Å²) in [6.45, 7) is 3.13. The number of urea groups is 1. The highest BCUT2D eigenvalue weighted by Crippen LogP contribution is 2.41. The summed E-state index contributed by atoms with van der Waals surface area (Å²) < 4.78 is 20.2. The van der Waals surface area contributed by atoms with Crippen LogP contribution in [0.4, 0.5) is 20.7 Å². The van der Waals surface area contributed by atoms with Gasteiger partial charge in [0.1, 0.15) is 11.6 Å². The van der Waals surface area contributed by atoms with E-state index in [2.05, 4.69) is 32.1 Å². The molecule has 2 aliphatic heterocycles. The summed E-state index contributed by atoms with van der Waals surface area (Å²) in [6.07, 6.45) is 8.22. The van der Waals surface area contributed by atoms with Crippen LogP contribution in [0.3, 0.4) is 0 Å². The van der Waals surface area contributed by atoms with E-state index in [1.807, 2.05) is 30.5 Å². The van der Waals surface area contributed by atoms with Crippen LogP contribution in [0.5, 0.6) is 0 Å². The number of aromatic nitrogens is 2. The highest BCUT2D eigenvalue weighted by Gasteiger charge is 2.34. The van der Waals surface area contributed by atoms with Crippen molar-refractivity contribution in [3.63, 3.8) is 0 Å².